The Kier molecular flexibility index (Phi) is 1.63. The number of carbonyl (C=O) groups excluding carboxylic acids is 1. The molecule has 1 aliphatic carbocycles. The number of ether oxygens (including phenoxy) is 2. The van der Waals surface area contributed by atoms with E-state index in [9.17, 15) is 4.79 Å². The molecule has 1 N–H and O–H groups in total. The topological polar surface area (TPSA) is 47.6 Å². The Morgan fingerprint density at radius 3 is 2.60 bits per heavy atom. The van der Waals surface area contributed by atoms with Gasteiger partial charge < -0.3 is 14.8 Å². The summed E-state index contributed by atoms with van der Waals surface area (Å²) in [5.74, 6) is -0.0542. The quantitative estimate of drug-likeness (QED) is 0.674. The first-order valence-electron chi connectivity index (χ1n) is 5.64. The third kappa shape index (κ3) is 0.923. The van der Waals surface area contributed by atoms with Crippen molar-refractivity contribution in [2.45, 2.75) is 37.9 Å². The van der Waals surface area contributed by atoms with Gasteiger partial charge in [-0.05, 0) is 26.7 Å². The van der Waals surface area contributed by atoms with Crippen molar-refractivity contribution in [3.05, 3.63) is 0 Å². The summed E-state index contributed by atoms with van der Waals surface area (Å²) in [6.45, 7) is 6.00. The van der Waals surface area contributed by atoms with Gasteiger partial charge in [-0.3, -0.25) is 4.79 Å². The van der Waals surface area contributed by atoms with Crippen LogP contribution in [0.5, 0.6) is 0 Å². The Labute approximate surface area is 89.3 Å². The van der Waals surface area contributed by atoms with Crippen LogP contribution in [0.4, 0.5) is 0 Å². The highest BCUT2D eigenvalue weighted by Crippen LogP contribution is 2.67. The van der Waals surface area contributed by atoms with E-state index in [0.29, 0.717) is 6.61 Å². The van der Waals surface area contributed by atoms with E-state index in [1.807, 2.05) is 6.92 Å². The third-order valence-corrected chi connectivity index (χ3v) is 4.15. The van der Waals surface area contributed by atoms with Crippen molar-refractivity contribution in [2.75, 3.05) is 19.7 Å². The average Bonchev–Trinajstić information content (AvgIpc) is 2.49. The van der Waals surface area contributed by atoms with Crippen LogP contribution in [0.15, 0.2) is 0 Å². The lowest BCUT2D eigenvalue weighted by atomic mass is 9.55. The van der Waals surface area contributed by atoms with Crippen molar-refractivity contribution in [2.24, 2.45) is 5.41 Å². The number of hydrogen-bond acceptors (Lipinski definition) is 4. The van der Waals surface area contributed by atoms with Crippen LogP contribution in [-0.2, 0) is 14.3 Å². The Hall–Kier alpha value is -0.610. The molecule has 4 aliphatic rings. The molecular weight excluding hydrogens is 194 g/mol. The fraction of sp³-hybridized carbons (Fsp3) is 0.909. The van der Waals surface area contributed by atoms with Crippen molar-refractivity contribution in [3.63, 3.8) is 0 Å². The van der Waals surface area contributed by atoms with Crippen LogP contribution in [0, 0.1) is 5.41 Å². The highest BCUT2D eigenvalue weighted by atomic mass is 16.6. The summed E-state index contributed by atoms with van der Waals surface area (Å²) < 4.78 is 11.2. The van der Waals surface area contributed by atoms with Gasteiger partial charge in [0, 0.05) is 13.1 Å². The third-order valence-electron chi connectivity index (χ3n) is 4.15. The maximum atomic E-state index is 12.0. The molecule has 0 atom stereocenters. The molecule has 1 spiro atoms. The normalized spacial score (nSPS) is 44.7. The minimum absolute atomic E-state index is 0.0542. The molecule has 84 valence electrons. The monoisotopic (exact) mass is 211 g/mol. The zero-order valence-corrected chi connectivity index (χ0v) is 9.26. The zero-order chi connectivity index (χ0) is 10.7. The van der Waals surface area contributed by atoms with Gasteiger partial charge in [0.05, 0.1) is 12.2 Å². The largest absolute Gasteiger partial charge is 0.465 e. The molecule has 15 heavy (non-hydrogen) atoms. The second kappa shape index (κ2) is 2.55. The van der Waals surface area contributed by atoms with Gasteiger partial charge in [0.1, 0.15) is 11.0 Å². The van der Waals surface area contributed by atoms with E-state index in [0.717, 1.165) is 25.9 Å². The van der Waals surface area contributed by atoms with Gasteiger partial charge in [0.2, 0.25) is 0 Å². The molecule has 0 radical (unpaired) electrons. The summed E-state index contributed by atoms with van der Waals surface area (Å²) in [4.78, 5) is 12.0. The van der Waals surface area contributed by atoms with Gasteiger partial charge in [-0.2, -0.15) is 0 Å². The first kappa shape index (κ1) is 9.60. The van der Waals surface area contributed by atoms with Crippen LogP contribution in [-0.4, -0.2) is 36.9 Å². The SMILES string of the molecule is CCOC(=O)C12CC(C)(C1)OC21CNC1. The lowest BCUT2D eigenvalue weighted by molar-refractivity contribution is -0.167. The van der Waals surface area contributed by atoms with Crippen molar-refractivity contribution in [1.29, 1.82) is 0 Å². The van der Waals surface area contributed by atoms with Crippen LogP contribution in [0.2, 0.25) is 0 Å². The van der Waals surface area contributed by atoms with E-state index in [-0.39, 0.29) is 22.6 Å². The second-order valence-corrected chi connectivity index (χ2v) is 5.31. The van der Waals surface area contributed by atoms with Crippen LogP contribution >= 0.6 is 0 Å². The van der Waals surface area contributed by atoms with E-state index in [1.54, 1.807) is 0 Å². The lowest BCUT2D eigenvalue weighted by Crippen LogP contribution is -2.68. The van der Waals surface area contributed by atoms with E-state index >= 15 is 0 Å². The number of nitrogens with one attached hydrogen (secondary N) is 1. The number of esters is 1. The molecule has 4 fully saturated rings. The molecule has 3 aliphatic heterocycles. The maximum absolute atomic E-state index is 12.0. The van der Waals surface area contributed by atoms with Crippen molar-refractivity contribution >= 4 is 5.97 Å². The van der Waals surface area contributed by atoms with Crippen LogP contribution in [0.1, 0.15) is 26.7 Å². The van der Waals surface area contributed by atoms with Crippen molar-refractivity contribution < 1.29 is 14.3 Å². The minimum atomic E-state index is -0.344. The molecule has 4 rings (SSSR count). The number of hydrogen-bond donors (Lipinski definition) is 1. The molecular formula is C11H17NO3. The van der Waals surface area contributed by atoms with E-state index in [2.05, 4.69) is 12.2 Å². The Balaban J connectivity index is 1.89. The summed E-state index contributed by atoms with van der Waals surface area (Å²) >= 11 is 0. The summed E-state index contributed by atoms with van der Waals surface area (Å²) in [5, 5.41) is 3.21. The van der Waals surface area contributed by atoms with Crippen molar-refractivity contribution in [1.82, 2.24) is 5.32 Å². The summed E-state index contributed by atoms with van der Waals surface area (Å²) in [5.41, 5.74) is -0.675. The molecule has 4 nitrogen and oxygen atoms in total. The molecule has 0 unspecified atom stereocenters. The molecule has 0 aromatic heterocycles. The van der Waals surface area contributed by atoms with E-state index < -0.39 is 0 Å². The highest BCUT2D eigenvalue weighted by molar-refractivity contribution is 5.82. The predicted molar refractivity (Wildman–Crippen MR) is 53.4 cm³/mol. The van der Waals surface area contributed by atoms with Gasteiger partial charge in [0.25, 0.3) is 0 Å². The van der Waals surface area contributed by atoms with Gasteiger partial charge in [0.15, 0.2) is 0 Å². The van der Waals surface area contributed by atoms with Gasteiger partial charge in [-0.1, -0.05) is 0 Å². The fourth-order valence-corrected chi connectivity index (χ4v) is 3.55. The smallest absolute Gasteiger partial charge is 0.315 e. The standard InChI is InChI=1S/C11H17NO3/c1-3-14-8(13)10-4-9(2,5-10)15-11(10)6-12-7-11/h12H,3-7H2,1-2H3. The molecule has 0 amide bonds. The molecule has 1 saturated carbocycles. The molecule has 3 saturated heterocycles. The van der Waals surface area contributed by atoms with Gasteiger partial charge in [-0.15, -0.1) is 0 Å². The molecule has 3 heterocycles. The summed E-state index contributed by atoms with van der Waals surface area (Å²) in [6, 6.07) is 0. The second-order valence-electron chi connectivity index (χ2n) is 5.31. The lowest BCUT2D eigenvalue weighted by Gasteiger charge is -2.48. The highest BCUT2D eigenvalue weighted by Gasteiger charge is 2.78. The van der Waals surface area contributed by atoms with Crippen LogP contribution in [0.3, 0.4) is 0 Å². The first-order chi connectivity index (χ1) is 7.06. The van der Waals surface area contributed by atoms with Crippen LogP contribution in [0.25, 0.3) is 0 Å². The Morgan fingerprint density at radius 1 is 1.47 bits per heavy atom. The first-order valence-corrected chi connectivity index (χ1v) is 5.64. The van der Waals surface area contributed by atoms with Crippen molar-refractivity contribution in [3.8, 4) is 0 Å². The van der Waals surface area contributed by atoms with Crippen LogP contribution < -0.4 is 5.32 Å². The van der Waals surface area contributed by atoms with E-state index in [1.165, 1.54) is 0 Å². The zero-order valence-electron chi connectivity index (χ0n) is 9.26. The Bertz CT molecular complexity index is 316. The van der Waals surface area contributed by atoms with E-state index in [4.69, 9.17) is 9.47 Å². The molecule has 4 heteroatoms. The number of carbonyl (C=O) groups is 1. The predicted octanol–water partition coefficient (Wildman–Crippen LogP) is 0.461. The minimum Gasteiger partial charge on any atom is -0.465 e. The van der Waals surface area contributed by atoms with Gasteiger partial charge >= 0.3 is 5.97 Å². The molecule has 0 aromatic carbocycles. The maximum Gasteiger partial charge on any atom is 0.315 e. The van der Waals surface area contributed by atoms with Gasteiger partial charge in [-0.25, -0.2) is 0 Å². The fourth-order valence-electron chi connectivity index (χ4n) is 3.55. The average molecular weight is 211 g/mol. The molecule has 0 aromatic rings. The summed E-state index contributed by atoms with van der Waals surface area (Å²) in [7, 11) is 0. The molecule has 2 bridgehead atoms. The summed E-state index contributed by atoms with van der Waals surface area (Å²) in [6.07, 6.45) is 1.67. The number of rotatable bonds is 2. The Morgan fingerprint density at radius 2 is 2.13 bits per heavy atom.